The van der Waals surface area contributed by atoms with Gasteiger partial charge in [-0.25, -0.2) is 4.79 Å². The molecular formula is C17H20N4O3S2. The summed E-state index contributed by atoms with van der Waals surface area (Å²) in [7, 11) is 5.12. The summed E-state index contributed by atoms with van der Waals surface area (Å²) < 4.78 is 4.75. The van der Waals surface area contributed by atoms with Gasteiger partial charge in [-0.1, -0.05) is 6.07 Å². The molecule has 0 atom stereocenters. The number of thiocarbonyl (C=S) groups is 1. The van der Waals surface area contributed by atoms with Crippen LogP contribution in [0, 0.1) is 6.92 Å². The molecule has 0 bridgehead atoms. The zero-order valence-corrected chi connectivity index (χ0v) is 16.5. The van der Waals surface area contributed by atoms with Gasteiger partial charge in [0.25, 0.3) is 5.91 Å². The number of rotatable bonds is 4. The quantitative estimate of drug-likeness (QED) is 0.419. The summed E-state index contributed by atoms with van der Waals surface area (Å²) >= 11 is 6.54. The van der Waals surface area contributed by atoms with E-state index >= 15 is 0 Å². The maximum absolute atomic E-state index is 12.3. The van der Waals surface area contributed by atoms with Crippen LogP contribution in [0.15, 0.2) is 30.3 Å². The highest BCUT2D eigenvalue weighted by molar-refractivity contribution is 7.80. The van der Waals surface area contributed by atoms with E-state index in [1.165, 1.54) is 18.4 Å². The van der Waals surface area contributed by atoms with Gasteiger partial charge in [0.15, 0.2) is 5.11 Å². The molecule has 0 saturated carbocycles. The molecule has 0 aliphatic rings. The normalized spacial score (nSPS) is 10.0. The second-order valence-electron chi connectivity index (χ2n) is 5.57. The first-order valence-corrected chi connectivity index (χ1v) is 8.87. The molecule has 0 fully saturated rings. The van der Waals surface area contributed by atoms with Crippen molar-refractivity contribution in [3.8, 4) is 0 Å². The van der Waals surface area contributed by atoms with Crippen LogP contribution in [0.5, 0.6) is 0 Å². The number of esters is 1. The molecule has 7 nitrogen and oxygen atoms in total. The maximum atomic E-state index is 12.3. The Hall–Kier alpha value is -2.65. The average molecular weight is 393 g/mol. The predicted molar refractivity (Wildman–Crippen MR) is 108 cm³/mol. The molecule has 1 amide bonds. The van der Waals surface area contributed by atoms with Crippen LogP contribution in [-0.4, -0.2) is 38.2 Å². The fourth-order valence-corrected chi connectivity index (χ4v) is 3.24. The standard InChI is InChI=1S/C17H20N4O3S2/c1-10-8-13(16(23)24-4)15(26-10)18-17(25)20-19-14(22)11-6-5-7-12(9-11)21(2)3/h5-9H,1-4H3,(H,19,22)(H2,18,20,25). The minimum absolute atomic E-state index is 0.161. The Morgan fingerprint density at radius 2 is 1.92 bits per heavy atom. The molecule has 2 aromatic rings. The molecule has 0 saturated heterocycles. The number of nitrogens with zero attached hydrogens (tertiary/aromatic N) is 1. The highest BCUT2D eigenvalue weighted by atomic mass is 32.1. The SMILES string of the molecule is COC(=O)c1cc(C)sc1NC(=S)NNC(=O)c1cccc(N(C)C)c1. The van der Waals surface area contributed by atoms with Crippen LogP contribution >= 0.6 is 23.6 Å². The number of carbonyl (C=O) groups excluding carboxylic acids is 2. The zero-order chi connectivity index (χ0) is 19.3. The molecule has 0 aliphatic heterocycles. The van der Waals surface area contributed by atoms with E-state index in [0.717, 1.165) is 10.6 Å². The number of amides is 1. The van der Waals surface area contributed by atoms with E-state index in [-0.39, 0.29) is 11.0 Å². The van der Waals surface area contributed by atoms with Crippen molar-refractivity contribution in [2.24, 2.45) is 0 Å². The second kappa shape index (κ2) is 8.63. The van der Waals surface area contributed by atoms with Crippen molar-refractivity contribution >= 4 is 51.2 Å². The van der Waals surface area contributed by atoms with Crippen molar-refractivity contribution in [3.05, 3.63) is 46.3 Å². The van der Waals surface area contributed by atoms with Crippen molar-refractivity contribution in [2.45, 2.75) is 6.92 Å². The summed E-state index contributed by atoms with van der Waals surface area (Å²) in [6.45, 7) is 1.87. The second-order valence-corrected chi connectivity index (χ2v) is 7.23. The third kappa shape index (κ3) is 4.93. The van der Waals surface area contributed by atoms with E-state index in [1.54, 1.807) is 24.3 Å². The topological polar surface area (TPSA) is 82.7 Å². The Morgan fingerprint density at radius 3 is 2.58 bits per heavy atom. The zero-order valence-electron chi connectivity index (χ0n) is 14.9. The van der Waals surface area contributed by atoms with Gasteiger partial charge in [-0.15, -0.1) is 11.3 Å². The van der Waals surface area contributed by atoms with Crippen molar-refractivity contribution in [1.29, 1.82) is 0 Å². The first-order valence-electron chi connectivity index (χ1n) is 7.65. The summed E-state index contributed by atoms with van der Waals surface area (Å²) in [6, 6.07) is 8.90. The smallest absolute Gasteiger partial charge is 0.340 e. The molecule has 0 unspecified atom stereocenters. The summed E-state index contributed by atoms with van der Waals surface area (Å²) in [5, 5.41) is 3.61. The van der Waals surface area contributed by atoms with Crippen LogP contribution in [-0.2, 0) is 4.74 Å². The molecule has 1 aromatic carbocycles. The number of methoxy groups -OCH3 is 1. The van der Waals surface area contributed by atoms with Gasteiger partial charge >= 0.3 is 5.97 Å². The van der Waals surface area contributed by atoms with Crippen LogP contribution in [0.4, 0.5) is 10.7 Å². The van der Waals surface area contributed by atoms with Crippen molar-refractivity contribution < 1.29 is 14.3 Å². The van der Waals surface area contributed by atoms with E-state index in [1.807, 2.05) is 32.0 Å². The minimum atomic E-state index is -0.454. The molecule has 2 rings (SSSR count). The summed E-state index contributed by atoms with van der Waals surface area (Å²) in [6.07, 6.45) is 0. The number of hydrogen-bond acceptors (Lipinski definition) is 6. The van der Waals surface area contributed by atoms with Crippen LogP contribution in [0.25, 0.3) is 0 Å². The Labute approximate surface area is 161 Å². The molecule has 26 heavy (non-hydrogen) atoms. The van der Waals surface area contributed by atoms with Crippen molar-refractivity contribution in [3.63, 3.8) is 0 Å². The van der Waals surface area contributed by atoms with E-state index in [2.05, 4.69) is 16.2 Å². The molecule has 0 radical (unpaired) electrons. The number of ether oxygens (including phenoxy) is 1. The minimum Gasteiger partial charge on any atom is -0.465 e. The average Bonchev–Trinajstić information content (AvgIpc) is 2.99. The highest BCUT2D eigenvalue weighted by Crippen LogP contribution is 2.28. The fraction of sp³-hybridized carbons (Fsp3) is 0.235. The van der Waals surface area contributed by atoms with Crippen LogP contribution in [0.3, 0.4) is 0 Å². The molecular weight excluding hydrogens is 372 g/mol. The van der Waals surface area contributed by atoms with Gasteiger partial charge in [-0.3, -0.25) is 15.6 Å². The third-order valence-corrected chi connectivity index (χ3v) is 4.57. The van der Waals surface area contributed by atoms with E-state index in [4.69, 9.17) is 17.0 Å². The molecule has 3 N–H and O–H groups in total. The predicted octanol–water partition coefficient (Wildman–Crippen LogP) is 2.54. The number of anilines is 2. The number of aryl methyl sites for hydroxylation is 1. The number of nitrogens with one attached hydrogen (secondary N) is 3. The first-order chi connectivity index (χ1) is 12.3. The molecule has 0 aliphatic carbocycles. The van der Waals surface area contributed by atoms with Gasteiger partial charge in [0.1, 0.15) is 5.00 Å². The highest BCUT2D eigenvalue weighted by Gasteiger charge is 2.16. The number of benzene rings is 1. The lowest BCUT2D eigenvalue weighted by atomic mass is 10.2. The van der Waals surface area contributed by atoms with Crippen LogP contribution in [0.2, 0.25) is 0 Å². The van der Waals surface area contributed by atoms with Crippen molar-refractivity contribution in [1.82, 2.24) is 10.9 Å². The number of hydrogen-bond donors (Lipinski definition) is 3. The van der Waals surface area contributed by atoms with Crippen LogP contribution < -0.4 is 21.1 Å². The van der Waals surface area contributed by atoms with Gasteiger partial charge in [-0.05, 0) is 43.4 Å². The molecule has 138 valence electrons. The Kier molecular flexibility index (Phi) is 6.53. The number of carbonyl (C=O) groups is 2. The molecule has 1 heterocycles. The number of hydrazine groups is 1. The third-order valence-electron chi connectivity index (χ3n) is 3.40. The maximum Gasteiger partial charge on any atom is 0.340 e. The molecule has 1 aromatic heterocycles. The monoisotopic (exact) mass is 392 g/mol. The van der Waals surface area contributed by atoms with Gasteiger partial charge in [-0.2, -0.15) is 0 Å². The Morgan fingerprint density at radius 1 is 1.19 bits per heavy atom. The van der Waals surface area contributed by atoms with Gasteiger partial charge in [0, 0.05) is 30.2 Å². The van der Waals surface area contributed by atoms with Gasteiger partial charge < -0.3 is 15.0 Å². The van der Waals surface area contributed by atoms with E-state index in [0.29, 0.717) is 16.1 Å². The lowest BCUT2D eigenvalue weighted by molar-refractivity contribution is 0.0602. The lowest BCUT2D eigenvalue weighted by Gasteiger charge is -2.14. The summed E-state index contributed by atoms with van der Waals surface area (Å²) in [5.41, 5.74) is 6.96. The Balaban J connectivity index is 1.98. The molecule has 0 spiro atoms. The first kappa shape index (κ1) is 19.7. The van der Waals surface area contributed by atoms with E-state index < -0.39 is 5.97 Å². The van der Waals surface area contributed by atoms with Crippen LogP contribution in [0.1, 0.15) is 25.6 Å². The van der Waals surface area contributed by atoms with Gasteiger partial charge in [0.2, 0.25) is 0 Å². The largest absolute Gasteiger partial charge is 0.465 e. The lowest BCUT2D eigenvalue weighted by Crippen LogP contribution is -2.43. The summed E-state index contributed by atoms with van der Waals surface area (Å²) in [5.74, 6) is -0.780. The van der Waals surface area contributed by atoms with Gasteiger partial charge in [0.05, 0.1) is 12.7 Å². The number of thiophene rings is 1. The van der Waals surface area contributed by atoms with Crippen molar-refractivity contribution in [2.75, 3.05) is 31.4 Å². The fourth-order valence-electron chi connectivity index (χ4n) is 2.11. The summed E-state index contributed by atoms with van der Waals surface area (Å²) in [4.78, 5) is 26.9. The Bertz CT molecular complexity index is 833. The van der Waals surface area contributed by atoms with E-state index in [9.17, 15) is 9.59 Å². The molecule has 9 heteroatoms.